The molecule has 1 heterocycles. The number of rotatable bonds is 6. The molecule has 1 amide bonds. The van der Waals surface area contributed by atoms with Crippen molar-refractivity contribution in [1.82, 2.24) is 4.90 Å². The first-order chi connectivity index (χ1) is 13.6. The van der Waals surface area contributed by atoms with Gasteiger partial charge in [0.2, 0.25) is 5.91 Å². The third kappa shape index (κ3) is 4.88. The van der Waals surface area contributed by atoms with Crippen molar-refractivity contribution in [3.05, 3.63) is 70.2 Å². The number of halogens is 1. The number of nitriles is 1. The fourth-order valence-electron chi connectivity index (χ4n) is 3.74. The van der Waals surface area contributed by atoms with Crippen molar-refractivity contribution in [3.63, 3.8) is 0 Å². The van der Waals surface area contributed by atoms with Crippen LogP contribution in [0.25, 0.3) is 0 Å². The molecule has 1 aliphatic heterocycles. The molecule has 0 N–H and O–H groups in total. The number of hydrogen-bond donors (Lipinski definition) is 0. The molecule has 1 saturated heterocycles. The van der Waals surface area contributed by atoms with Crippen LogP contribution in [0.3, 0.4) is 0 Å². The molecule has 0 spiro atoms. The van der Waals surface area contributed by atoms with Crippen molar-refractivity contribution in [2.75, 3.05) is 13.1 Å². The van der Waals surface area contributed by atoms with Gasteiger partial charge in [-0.1, -0.05) is 58.4 Å². The zero-order valence-electron chi connectivity index (χ0n) is 15.7. The van der Waals surface area contributed by atoms with Crippen molar-refractivity contribution < 1.29 is 9.59 Å². The van der Waals surface area contributed by atoms with Crippen LogP contribution in [0.15, 0.2) is 59.1 Å². The van der Waals surface area contributed by atoms with E-state index in [1.165, 1.54) is 0 Å². The molecule has 28 heavy (non-hydrogen) atoms. The highest BCUT2D eigenvalue weighted by molar-refractivity contribution is 9.10. The van der Waals surface area contributed by atoms with Gasteiger partial charge in [-0.25, -0.2) is 0 Å². The van der Waals surface area contributed by atoms with Gasteiger partial charge in [0.05, 0.1) is 6.07 Å². The predicted octanol–water partition coefficient (Wildman–Crippen LogP) is 4.96. The second-order valence-electron chi connectivity index (χ2n) is 7.15. The molecule has 1 fully saturated rings. The molecule has 3 rings (SSSR count). The minimum Gasteiger partial charge on any atom is -0.342 e. The monoisotopic (exact) mass is 438 g/mol. The largest absolute Gasteiger partial charge is 0.342 e. The lowest BCUT2D eigenvalue weighted by Gasteiger charge is -2.31. The molecular weight excluding hydrogens is 416 g/mol. The van der Waals surface area contributed by atoms with Crippen LogP contribution in [0, 0.1) is 17.2 Å². The molecular formula is C23H23BrN2O2. The fourth-order valence-corrected chi connectivity index (χ4v) is 4.15. The Balaban J connectivity index is 1.91. The summed E-state index contributed by atoms with van der Waals surface area (Å²) in [4.78, 5) is 27.8. The van der Waals surface area contributed by atoms with E-state index in [1.54, 1.807) is 17.0 Å². The number of piperidine rings is 1. The summed E-state index contributed by atoms with van der Waals surface area (Å²) in [6.07, 6.45) is 3.17. The highest BCUT2D eigenvalue weighted by atomic mass is 79.9. The average Bonchev–Trinajstić information content (AvgIpc) is 2.74. The zero-order chi connectivity index (χ0) is 19.9. The summed E-state index contributed by atoms with van der Waals surface area (Å²) in [5, 5.41) is 9.89. The van der Waals surface area contributed by atoms with Crippen molar-refractivity contribution in [3.8, 4) is 6.07 Å². The number of carbonyl (C=O) groups excluding carboxylic acids is 2. The summed E-state index contributed by atoms with van der Waals surface area (Å²) < 4.78 is 0.865. The van der Waals surface area contributed by atoms with Crippen LogP contribution >= 0.6 is 15.9 Å². The SMILES string of the molecule is N#C[C@H](C(=O)N1CCCCC1)[C@@H](CC(=O)c1ccccc1)c1cccc(Br)c1. The van der Waals surface area contributed by atoms with Crippen LogP contribution in [0.1, 0.15) is 47.5 Å². The average molecular weight is 439 g/mol. The molecule has 1 aliphatic rings. The van der Waals surface area contributed by atoms with Gasteiger partial charge in [-0.05, 0) is 37.0 Å². The van der Waals surface area contributed by atoms with E-state index >= 15 is 0 Å². The van der Waals surface area contributed by atoms with E-state index < -0.39 is 11.8 Å². The summed E-state index contributed by atoms with van der Waals surface area (Å²) in [5.41, 5.74) is 1.43. The number of likely N-dealkylation sites (tertiary alicyclic amines) is 1. The first-order valence-corrected chi connectivity index (χ1v) is 10.4. The van der Waals surface area contributed by atoms with Gasteiger partial charge in [-0.3, -0.25) is 9.59 Å². The Morgan fingerprint density at radius 2 is 1.75 bits per heavy atom. The maximum Gasteiger partial charge on any atom is 0.240 e. The molecule has 5 heteroatoms. The molecule has 0 aromatic heterocycles. The minimum atomic E-state index is -0.875. The van der Waals surface area contributed by atoms with Gasteiger partial charge in [-0.15, -0.1) is 0 Å². The Morgan fingerprint density at radius 3 is 2.39 bits per heavy atom. The highest BCUT2D eigenvalue weighted by Crippen LogP contribution is 2.33. The van der Waals surface area contributed by atoms with Crippen LogP contribution in [-0.2, 0) is 4.79 Å². The topological polar surface area (TPSA) is 61.2 Å². The molecule has 0 radical (unpaired) electrons. The number of nitrogens with zero attached hydrogens (tertiary/aromatic N) is 2. The van der Waals surface area contributed by atoms with Crippen molar-refractivity contribution in [1.29, 1.82) is 5.26 Å². The van der Waals surface area contributed by atoms with E-state index in [4.69, 9.17) is 0 Å². The van der Waals surface area contributed by atoms with E-state index in [9.17, 15) is 14.9 Å². The van der Waals surface area contributed by atoms with Crippen LogP contribution in [0.5, 0.6) is 0 Å². The molecule has 0 aliphatic carbocycles. The van der Waals surface area contributed by atoms with Crippen molar-refractivity contribution in [2.24, 2.45) is 5.92 Å². The molecule has 2 atom stereocenters. The first kappa shape index (κ1) is 20.3. The van der Waals surface area contributed by atoms with E-state index in [-0.39, 0.29) is 18.1 Å². The lowest BCUT2D eigenvalue weighted by atomic mass is 9.81. The normalized spacial score (nSPS) is 16.1. The van der Waals surface area contributed by atoms with Gasteiger partial charge in [0.25, 0.3) is 0 Å². The van der Waals surface area contributed by atoms with Crippen LogP contribution < -0.4 is 0 Å². The molecule has 0 unspecified atom stereocenters. The van der Waals surface area contributed by atoms with Gasteiger partial charge >= 0.3 is 0 Å². The smallest absolute Gasteiger partial charge is 0.240 e. The third-order valence-electron chi connectivity index (χ3n) is 5.25. The van der Waals surface area contributed by atoms with Crippen molar-refractivity contribution >= 4 is 27.6 Å². The second-order valence-corrected chi connectivity index (χ2v) is 8.06. The van der Waals surface area contributed by atoms with Gasteiger partial charge in [0.15, 0.2) is 5.78 Å². The highest BCUT2D eigenvalue weighted by Gasteiger charge is 2.35. The third-order valence-corrected chi connectivity index (χ3v) is 5.75. The quantitative estimate of drug-likeness (QED) is 0.598. The Labute approximate surface area is 174 Å². The van der Waals surface area contributed by atoms with Crippen LogP contribution in [0.4, 0.5) is 0 Å². The Bertz CT molecular complexity index is 870. The van der Waals surface area contributed by atoms with Crippen LogP contribution in [-0.4, -0.2) is 29.7 Å². The number of amides is 1. The fraction of sp³-hybridized carbons (Fsp3) is 0.348. The molecule has 0 saturated carbocycles. The van der Waals surface area contributed by atoms with Crippen LogP contribution in [0.2, 0.25) is 0 Å². The van der Waals surface area contributed by atoms with E-state index in [0.717, 1.165) is 29.3 Å². The van der Waals surface area contributed by atoms with Gasteiger partial charge in [-0.2, -0.15) is 5.26 Å². The van der Waals surface area contributed by atoms with Gasteiger partial charge in [0, 0.05) is 35.5 Å². The number of Topliss-reactive ketones (excluding diaryl/α,β-unsaturated/α-hetero) is 1. The van der Waals surface area contributed by atoms with Gasteiger partial charge in [0.1, 0.15) is 5.92 Å². The number of benzene rings is 2. The first-order valence-electron chi connectivity index (χ1n) is 9.62. The number of hydrogen-bond acceptors (Lipinski definition) is 3. The number of ketones is 1. The van der Waals surface area contributed by atoms with Crippen molar-refractivity contribution in [2.45, 2.75) is 31.6 Å². The lowest BCUT2D eigenvalue weighted by Crippen LogP contribution is -2.41. The molecule has 4 nitrogen and oxygen atoms in total. The molecule has 2 aromatic carbocycles. The Hall–Kier alpha value is -2.45. The summed E-state index contributed by atoms with van der Waals surface area (Å²) in [7, 11) is 0. The summed E-state index contributed by atoms with van der Waals surface area (Å²) in [6.45, 7) is 1.38. The minimum absolute atomic E-state index is 0.0581. The maximum atomic E-state index is 13.1. The summed E-state index contributed by atoms with van der Waals surface area (Å²) >= 11 is 3.46. The van der Waals surface area contributed by atoms with E-state index in [0.29, 0.717) is 18.7 Å². The number of carbonyl (C=O) groups is 2. The predicted molar refractivity (Wildman–Crippen MR) is 112 cm³/mol. The lowest BCUT2D eigenvalue weighted by molar-refractivity contribution is -0.135. The maximum absolute atomic E-state index is 13.1. The Kier molecular flexibility index (Phi) is 7.00. The van der Waals surface area contributed by atoms with E-state index in [1.807, 2.05) is 42.5 Å². The molecule has 0 bridgehead atoms. The second kappa shape index (κ2) is 9.66. The Morgan fingerprint density at radius 1 is 1.04 bits per heavy atom. The summed E-state index contributed by atoms with van der Waals surface area (Å²) in [5.74, 6) is -1.57. The van der Waals surface area contributed by atoms with E-state index in [2.05, 4.69) is 22.0 Å². The molecule has 144 valence electrons. The standard InChI is InChI=1S/C23H23BrN2O2/c24-19-11-7-10-18(14-19)20(15-22(27)17-8-3-1-4-9-17)21(16-25)23(28)26-12-5-2-6-13-26/h1,3-4,7-11,14,20-21H,2,5-6,12-13,15H2/t20-,21-/m0/s1. The molecule has 2 aromatic rings. The zero-order valence-corrected chi connectivity index (χ0v) is 17.3. The van der Waals surface area contributed by atoms with Gasteiger partial charge < -0.3 is 4.90 Å². The summed E-state index contributed by atoms with van der Waals surface area (Å²) in [6, 6.07) is 18.8.